The van der Waals surface area contributed by atoms with Crippen molar-refractivity contribution in [2.24, 2.45) is 0 Å². The fourth-order valence-electron chi connectivity index (χ4n) is 1.21. The SMILES string of the molecule is COc1c([N+](=O)[O-])cnc(OC(F)(F)F)c1C(F)F. The third-order valence-electron chi connectivity index (χ3n) is 1.84. The Hall–Kier alpha value is -2.20. The van der Waals surface area contributed by atoms with Gasteiger partial charge in [0.15, 0.2) is 0 Å². The van der Waals surface area contributed by atoms with Crippen molar-refractivity contribution in [3.63, 3.8) is 0 Å². The summed E-state index contributed by atoms with van der Waals surface area (Å²) in [7, 11) is 0.797. The van der Waals surface area contributed by atoms with E-state index in [0.717, 1.165) is 7.11 Å². The molecule has 1 aromatic heterocycles. The van der Waals surface area contributed by atoms with Gasteiger partial charge in [0.2, 0.25) is 11.6 Å². The van der Waals surface area contributed by atoms with Gasteiger partial charge in [-0.05, 0) is 0 Å². The van der Waals surface area contributed by atoms with Crippen LogP contribution in [0.2, 0.25) is 0 Å². The first-order chi connectivity index (χ1) is 8.67. The van der Waals surface area contributed by atoms with Crippen molar-refractivity contribution >= 4 is 5.69 Å². The van der Waals surface area contributed by atoms with Gasteiger partial charge in [0.25, 0.3) is 6.43 Å². The Morgan fingerprint density at radius 2 is 2.00 bits per heavy atom. The van der Waals surface area contributed by atoms with Crippen molar-refractivity contribution in [3.8, 4) is 11.6 Å². The van der Waals surface area contributed by atoms with Crippen LogP contribution in [0.25, 0.3) is 0 Å². The van der Waals surface area contributed by atoms with Gasteiger partial charge in [-0.2, -0.15) is 0 Å². The average Bonchev–Trinajstić information content (AvgIpc) is 2.25. The zero-order chi connectivity index (χ0) is 14.8. The van der Waals surface area contributed by atoms with E-state index in [1.54, 1.807) is 0 Å². The summed E-state index contributed by atoms with van der Waals surface area (Å²) >= 11 is 0. The predicted octanol–water partition coefficient (Wildman–Crippen LogP) is 2.83. The number of rotatable bonds is 4. The van der Waals surface area contributed by atoms with Crippen molar-refractivity contribution in [1.82, 2.24) is 4.98 Å². The number of hydrogen-bond donors (Lipinski definition) is 0. The highest BCUT2D eigenvalue weighted by molar-refractivity contribution is 5.54. The van der Waals surface area contributed by atoms with Gasteiger partial charge >= 0.3 is 12.0 Å². The molecule has 0 saturated heterocycles. The zero-order valence-corrected chi connectivity index (χ0v) is 9.07. The molecule has 0 saturated carbocycles. The van der Waals surface area contributed by atoms with E-state index >= 15 is 0 Å². The molecule has 0 aliphatic heterocycles. The Morgan fingerprint density at radius 3 is 2.37 bits per heavy atom. The second-order valence-electron chi connectivity index (χ2n) is 3.00. The molecular formula is C8H5F5N2O4. The molecule has 0 unspecified atom stereocenters. The van der Waals surface area contributed by atoms with Crippen LogP contribution in [0.15, 0.2) is 6.20 Å². The molecule has 1 aromatic rings. The van der Waals surface area contributed by atoms with Crippen LogP contribution >= 0.6 is 0 Å². The van der Waals surface area contributed by atoms with Crippen LogP contribution < -0.4 is 9.47 Å². The number of pyridine rings is 1. The van der Waals surface area contributed by atoms with Gasteiger partial charge < -0.3 is 9.47 Å². The van der Waals surface area contributed by atoms with E-state index in [-0.39, 0.29) is 0 Å². The lowest BCUT2D eigenvalue weighted by molar-refractivity contribution is -0.386. The number of hydrogen-bond acceptors (Lipinski definition) is 5. The van der Waals surface area contributed by atoms with Crippen LogP contribution in [0.1, 0.15) is 12.0 Å². The van der Waals surface area contributed by atoms with Gasteiger partial charge in [0, 0.05) is 0 Å². The van der Waals surface area contributed by atoms with Crippen LogP contribution in [0.5, 0.6) is 11.6 Å². The molecule has 106 valence electrons. The molecule has 1 rings (SSSR count). The van der Waals surface area contributed by atoms with Crippen LogP contribution in [-0.4, -0.2) is 23.4 Å². The standard InChI is InChI=1S/C8H5F5N2O4/c1-18-5-3(15(16)17)2-14-7(4(5)6(9)10)19-8(11,12)13/h2,6H,1H3. The maximum Gasteiger partial charge on any atom is 0.574 e. The van der Waals surface area contributed by atoms with E-state index in [1.165, 1.54) is 0 Å². The molecule has 19 heavy (non-hydrogen) atoms. The highest BCUT2D eigenvalue weighted by atomic mass is 19.4. The highest BCUT2D eigenvalue weighted by Crippen LogP contribution is 2.42. The third-order valence-corrected chi connectivity index (χ3v) is 1.84. The molecule has 0 N–H and O–H groups in total. The Bertz CT molecular complexity index is 491. The molecule has 0 aliphatic rings. The Morgan fingerprint density at radius 1 is 1.42 bits per heavy atom. The van der Waals surface area contributed by atoms with Gasteiger partial charge in [0.1, 0.15) is 11.8 Å². The molecule has 0 aromatic carbocycles. The summed E-state index contributed by atoms with van der Waals surface area (Å²) < 4.78 is 69.0. The van der Waals surface area contributed by atoms with Gasteiger partial charge in [-0.25, -0.2) is 13.8 Å². The van der Waals surface area contributed by atoms with Crippen molar-refractivity contribution in [2.75, 3.05) is 7.11 Å². The number of methoxy groups -OCH3 is 1. The van der Waals surface area contributed by atoms with Crippen molar-refractivity contribution in [1.29, 1.82) is 0 Å². The van der Waals surface area contributed by atoms with E-state index in [9.17, 15) is 32.1 Å². The number of aromatic nitrogens is 1. The highest BCUT2D eigenvalue weighted by Gasteiger charge is 2.37. The lowest BCUT2D eigenvalue weighted by Crippen LogP contribution is -2.19. The van der Waals surface area contributed by atoms with E-state index in [0.29, 0.717) is 6.20 Å². The van der Waals surface area contributed by atoms with Gasteiger partial charge in [0.05, 0.1) is 12.0 Å². The molecule has 0 fully saturated rings. The number of ether oxygens (including phenoxy) is 2. The summed E-state index contributed by atoms with van der Waals surface area (Å²) in [5, 5.41) is 10.5. The summed E-state index contributed by atoms with van der Waals surface area (Å²) in [5.74, 6) is -2.53. The van der Waals surface area contributed by atoms with E-state index < -0.39 is 40.6 Å². The third kappa shape index (κ3) is 3.39. The number of alkyl halides is 5. The minimum atomic E-state index is -5.27. The smallest absolute Gasteiger partial charge is 0.490 e. The number of nitro groups is 1. The molecule has 0 amide bonds. The zero-order valence-electron chi connectivity index (χ0n) is 9.07. The average molecular weight is 288 g/mol. The predicted molar refractivity (Wildman–Crippen MR) is 49.1 cm³/mol. The summed E-state index contributed by atoms with van der Waals surface area (Å²) in [6.07, 6.45) is -8.43. The monoisotopic (exact) mass is 288 g/mol. The molecule has 0 radical (unpaired) electrons. The second kappa shape index (κ2) is 5.20. The largest absolute Gasteiger partial charge is 0.574 e. The van der Waals surface area contributed by atoms with Crippen LogP contribution in [0.3, 0.4) is 0 Å². The lowest BCUT2D eigenvalue weighted by atomic mass is 10.2. The Kier molecular flexibility index (Phi) is 4.07. The first-order valence-corrected chi connectivity index (χ1v) is 4.42. The van der Waals surface area contributed by atoms with Crippen molar-refractivity contribution in [3.05, 3.63) is 21.9 Å². The first-order valence-electron chi connectivity index (χ1n) is 4.42. The summed E-state index contributed by atoms with van der Waals surface area (Å²) in [6, 6.07) is 0. The fraction of sp³-hybridized carbons (Fsp3) is 0.375. The number of halogens is 5. The topological polar surface area (TPSA) is 74.5 Å². The Labute approximate surface area is 101 Å². The molecule has 0 bridgehead atoms. The van der Waals surface area contributed by atoms with E-state index in [2.05, 4.69) is 14.5 Å². The minimum Gasteiger partial charge on any atom is -0.490 e. The maximum absolute atomic E-state index is 12.7. The van der Waals surface area contributed by atoms with Gasteiger partial charge in [-0.15, -0.1) is 13.2 Å². The van der Waals surface area contributed by atoms with Gasteiger partial charge in [-0.1, -0.05) is 0 Å². The molecule has 11 heteroatoms. The van der Waals surface area contributed by atoms with Crippen LogP contribution in [-0.2, 0) is 0 Å². The molecule has 6 nitrogen and oxygen atoms in total. The van der Waals surface area contributed by atoms with Gasteiger partial charge in [-0.3, -0.25) is 10.1 Å². The lowest BCUT2D eigenvalue weighted by Gasteiger charge is -2.14. The first kappa shape index (κ1) is 14.9. The van der Waals surface area contributed by atoms with Crippen molar-refractivity contribution in [2.45, 2.75) is 12.8 Å². The summed E-state index contributed by atoms with van der Waals surface area (Å²) in [5.41, 5.74) is -2.43. The van der Waals surface area contributed by atoms with E-state index in [4.69, 9.17) is 0 Å². The second-order valence-corrected chi connectivity index (χ2v) is 3.00. The Balaban J connectivity index is 3.46. The van der Waals surface area contributed by atoms with E-state index in [1.807, 2.05) is 0 Å². The summed E-state index contributed by atoms with van der Waals surface area (Å²) in [4.78, 5) is 12.3. The number of nitrogens with zero attached hydrogens (tertiary/aromatic N) is 2. The summed E-state index contributed by atoms with van der Waals surface area (Å²) in [6.45, 7) is 0. The maximum atomic E-state index is 12.7. The molecule has 0 spiro atoms. The normalized spacial score (nSPS) is 11.5. The van der Waals surface area contributed by atoms with Crippen LogP contribution in [0, 0.1) is 10.1 Å². The fourth-order valence-corrected chi connectivity index (χ4v) is 1.21. The quantitative estimate of drug-likeness (QED) is 0.484. The van der Waals surface area contributed by atoms with Crippen molar-refractivity contribution < 1.29 is 36.3 Å². The minimum absolute atomic E-state index is 0.339. The molecule has 1 heterocycles. The molecular weight excluding hydrogens is 283 g/mol. The molecule has 0 aliphatic carbocycles. The van der Waals surface area contributed by atoms with Crippen LogP contribution in [0.4, 0.5) is 27.6 Å². The molecule has 0 atom stereocenters.